The van der Waals surface area contributed by atoms with E-state index < -0.39 is 0 Å². The lowest BCUT2D eigenvalue weighted by atomic mass is 10.1. The summed E-state index contributed by atoms with van der Waals surface area (Å²) in [5.74, 6) is -0.476. The number of hydrogen-bond acceptors (Lipinski definition) is 3. The lowest BCUT2D eigenvalue weighted by molar-refractivity contribution is -0.115. The molecule has 2 aromatic carbocycles. The summed E-state index contributed by atoms with van der Waals surface area (Å²) in [6.07, 6.45) is 0.193. The van der Waals surface area contributed by atoms with Crippen molar-refractivity contribution >= 4 is 45.0 Å². The minimum Gasteiger partial charge on any atom is -0.302 e. The predicted octanol–water partition coefficient (Wildman–Crippen LogP) is 4.74. The SMILES string of the molecule is O=C(Cc1ccc(F)cc1)Nc1nc(-c2ccc(I)cc2)cs1. The number of thiazole rings is 1. The number of rotatable bonds is 4. The summed E-state index contributed by atoms with van der Waals surface area (Å²) in [5, 5.41) is 5.25. The lowest BCUT2D eigenvalue weighted by Gasteiger charge is -2.02. The molecule has 1 N–H and O–H groups in total. The Labute approximate surface area is 150 Å². The van der Waals surface area contributed by atoms with Gasteiger partial charge in [0.1, 0.15) is 5.82 Å². The zero-order valence-electron chi connectivity index (χ0n) is 11.9. The molecule has 23 heavy (non-hydrogen) atoms. The van der Waals surface area contributed by atoms with Crippen LogP contribution in [0.25, 0.3) is 11.3 Å². The molecule has 0 unspecified atom stereocenters. The Balaban J connectivity index is 1.65. The third-order valence-electron chi connectivity index (χ3n) is 3.17. The largest absolute Gasteiger partial charge is 0.302 e. The standard InChI is InChI=1S/C17H12FIN2OS/c18-13-5-1-11(2-6-13)9-16(22)21-17-20-15(10-23-17)12-3-7-14(19)8-4-12/h1-8,10H,9H2,(H,20,21,22). The van der Waals surface area contributed by atoms with E-state index in [0.717, 1.165) is 20.4 Å². The number of hydrogen-bond donors (Lipinski definition) is 1. The second kappa shape index (κ2) is 7.18. The van der Waals surface area contributed by atoms with E-state index in [0.29, 0.717) is 5.13 Å². The van der Waals surface area contributed by atoms with E-state index in [1.165, 1.54) is 23.5 Å². The number of carbonyl (C=O) groups is 1. The van der Waals surface area contributed by atoms with E-state index in [4.69, 9.17) is 0 Å². The van der Waals surface area contributed by atoms with Gasteiger partial charge in [-0.05, 0) is 52.4 Å². The fourth-order valence-electron chi connectivity index (χ4n) is 2.04. The van der Waals surface area contributed by atoms with E-state index in [-0.39, 0.29) is 18.1 Å². The van der Waals surface area contributed by atoms with Gasteiger partial charge in [0.2, 0.25) is 5.91 Å². The van der Waals surface area contributed by atoms with Crippen molar-refractivity contribution in [3.63, 3.8) is 0 Å². The molecule has 1 aromatic heterocycles. The van der Waals surface area contributed by atoms with Gasteiger partial charge in [0.25, 0.3) is 0 Å². The fraction of sp³-hybridized carbons (Fsp3) is 0.0588. The van der Waals surface area contributed by atoms with E-state index in [9.17, 15) is 9.18 Å². The molecule has 0 bridgehead atoms. The Morgan fingerprint density at radius 2 is 1.83 bits per heavy atom. The first-order valence-electron chi connectivity index (χ1n) is 6.86. The summed E-state index contributed by atoms with van der Waals surface area (Å²) < 4.78 is 14.0. The smallest absolute Gasteiger partial charge is 0.230 e. The first kappa shape index (κ1) is 16.1. The van der Waals surface area contributed by atoms with Crippen LogP contribution in [-0.4, -0.2) is 10.9 Å². The zero-order chi connectivity index (χ0) is 16.2. The average molecular weight is 438 g/mol. The number of halogens is 2. The minimum atomic E-state index is -0.309. The molecule has 1 amide bonds. The molecule has 1 heterocycles. The maximum Gasteiger partial charge on any atom is 0.230 e. The van der Waals surface area contributed by atoms with Gasteiger partial charge in [-0.15, -0.1) is 11.3 Å². The zero-order valence-corrected chi connectivity index (χ0v) is 14.9. The van der Waals surface area contributed by atoms with Crippen molar-refractivity contribution in [2.75, 3.05) is 5.32 Å². The summed E-state index contributed by atoms with van der Waals surface area (Å²) in [4.78, 5) is 16.4. The second-order valence-corrected chi connectivity index (χ2v) is 7.00. The van der Waals surface area contributed by atoms with Gasteiger partial charge in [-0.1, -0.05) is 24.3 Å². The molecule has 116 valence electrons. The molecule has 0 spiro atoms. The Hall–Kier alpha value is -1.80. The van der Waals surface area contributed by atoms with Crippen LogP contribution in [0.2, 0.25) is 0 Å². The minimum absolute atomic E-state index is 0.167. The lowest BCUT2D eigenvalue weighted by Crippen LogP contribution is -2.14. The summed E-state index contributed by atoms with van der Waals surface area (Å²) >= 11 is 3.64. The number of nitrogens with zero attached hydrogens (tertiary/aromatic N) is 1. The Bertz CT molecular complexity index is 815. The van der Waals surface area contributed by atoms with Crippen LogP contribution in [0.5, 0.6) is 0 Å². The van der Waals surface area contributed by atoms with E-state index >= 15 is 0 Å². The summed E-state index contributed by atoms with van der Waals surface area (Å²) in [6.45, 7) is 0. The molecule has 0 aliphatic heterocycles. The van der Waals surface area contributed by atoms with Crippen LogP contribution in [0.15, 0.2) is 53.9 Å². The van der Waals surface area contributed by atoms with E-state index in [1.54, 1.807) is 12.1 Å². The molecule has 3 aromatic rings. The first-order chi connectivity index (χ1) is 11.1. The summed E-state index contributed by atoms with van der Waals surface area (Å²) in [5.41, 5.74) is 2.61. The van der Waals surface area contributed by atoms with Gasteiger partial charge in [0, 0.05) is 14.5 Å². The van der Waals surface area contributed by atoms with E-state index in [2.05, 4.69) is 32.9 Å². The van der Waals surface area contributed by atoms with Gasteiger partial charge in [-0.25, -0.2) is 9.37 Å². The molecule has 3 nitrogen and oxygen atoms in total. The number of carbonyl (C=O) groups excluding carboxylic acids is 1. The van der Waals surface area contributed by atoms with Crippen LogP contribution in [0.3, 0.4) is 0 Å². The van der Waals surface area contributed by atoms with Crippen molar-refractivity contribution in [3.05, 3.63) is 68.9 Å². The highest BCUT2D eigenvalue weighted by Crippen LogP contribution is 2.25. The first-order valence-corrected chi connectivity index (χ1v) is 8.82. The highest BCUT2D eigenvalue weighted by Gasteiger charge is 2.09. The van der Waals surface area contributed by atoms with Crippen molar-refractivity contribution in [2.24, 2.45) is 0 Å². The molecular formula is C17H12FIN2OS. The quantitative estimate of drug-likeness (QED) is 0.599. The van der Waals surface area contributed by atoms with Crippen LogP contribution in [-0.2, 0) is 11.2 Å². The highest BCUT2D eigenvalue weighted by molar-refractivity contribution is 14.1. The molecular weight excluding hydrogens is 426 g/mol. The molecule has 0 fully saturated rings. The van der Waals surface area contributed by atoms with Crippen molar-refractivity contribution in [1.82, 2.24) is 4.98 Å². The fourth-order valence-corrected chi connectivity index (χ4v) is 3.13. The van der Waals surface area contributed by atoms with Gasteiger partial charge in [0.15, 0.2) is 5.13 Å². The molecule has 0 radical (unpaired) electrons. The normalized spacial score (nSPS) is 10.5. The van der Waals surface area contributed by atoms with Crippen LogP contribution < -0.4 is 5.32 Å². The Morgan fingerprint density at radius 3 is 2.52 bits per heavy atom. The third kappa shape index (κ3) is 4.35. The predicted molar refractivity (Wildman–Crippen MR) is 99.0 cm³/mol. The molecule has 3 rings (SSSR count). The number of nitrogens with one attached hydrogen (secondary N) is 1. The van der Waals surface area contributed by atoms with Crippen LogP contribution in [0, 0.1) is 9.39 Å². The topological polar surface area (TPSA) is 42.0 Å². The van der Waals surface area contributed by atoms with Gasteiger partial charge in [-0.2, -0.15) is 0 Å². The Morgan fingerprint density at radius 1 is 1.13 bits per heavy atom. The molecule has 0 aliphatic rings. The van der Waals surface area contributed by atoms with Crippen molar-refractivity contribution < 1.29 is 9.18 Å². The van der Waals surface area contributed by atoms with Crippen LogP contribution in [0.1, 0.15) is 5.56 Å². The monoisotopic (exact) mass is 438 g/mol. The van der Waals surface area contributed by atoms with Crippen LogP contribution >= 0.6 is 33.9 Å². The summed E-state index contributed by atoms with van der Waals surface area (Å²) in [7, 11) is 0. The third-order valence-corrected chi connectivity index (χ3v) is 4.65. The Kier molecular flexibility index (Phi) is 5.02. The van der Waals surface area contributed by atoms with Gasteiger partial charge < -0.3 is 5.32 Å². The van der Waals surface area contributed by atoms with E-state index in [1.807, 2.05) is 29.6 Å². The van der Waals surface area contributed by atoms with Gasteiger partial charge in [0.05, 0.1) is 12.1 Å². The van der Waals surface area contributed by atoms with Crippen molar-refractivity contribution in [2.45, 2.75) is 6.42 Å². The number of amides is 1. The molecule has 0 saturated heterocycles. The maximum atomic E-state index is 12.9. The van der Waals surface area contributed by atoms with Gasteiger partial charge in [-0.3, -0.25) is 4.79 Å². The highest BCUT2D eigenvalue weighted by atomic mass is 127. The van der Waals surface area contributed by atoms with Crippen molar-refractivity contribution in [3.8, 4) is 11.3 Å². The number of anilines is 1. The maximum absolute atomic E-state index is 12.9. The molecule has 0 atom stereocenters. The average Bonchev–Trinajstić information content (AvgIpc) is 2.98. The van der Waals surface area contributed by atoms with Crippen molar-refractivity contribution in [1.29, 1.82) is 0 Å². The molecule has 6 heteroatoms. The summed E-state index contributed by atoms with van der Waals surface area (Å²) in [6, 6.07) is 13.9. The second-order valence-electron chi connectivity index (χ2n) is 4.90. The molecule has 0 saturated carbocycles. The van der Waals surface area contributed by atoms with Crippen LogP contribution in [0.4, 0.5) is 9.52 Å². The number of aromatic nitrogens is 1. The number of benzene rings is 2. The van der Waals surface area contributed by atoms with Gasteiger partial charge >= 0.3 is 0 Å². The molecule has 0 aliphatic carbocycles.